The van der Waals surface area contributed by atoms with Crippen molar-refractivity contribution in [3.8, 4) is 0 Å². The Morgan fingerprint density at radius 1 is 1.21 bits per heavy atom. The fraction of sp³-hybridized carbons (Fsp3) is 0.556. The highest BCUT2D eigenvalue weighted by atomic mass is 16.5. The Labute approximate surface area is 142 Å². The molecular formula is C18H25N3O3. The van der Waals surface area contributed by atoms with Gasteiger partial charge in [-0.25, -0.2) is 0 Å². The van der Waals surface area contributed by atoms with Crippen LogP contribution in [0.2, 0.25) is 0 Å². The number of primary amides is 1. The van der Waals surface area contributed by atoms with E-state index in [0.29, 0.717) is 29.8 Å². The van der Waals surface area contributed by atoms with Gasteiger partial charge in [-0.15, -0.1) is 0 Å². The lowest BCUT2D eigenvalue weighted by atomic mass is 9.90. The number of hydrogen-bond donors (Lipinski definition) is 2. The topological polar surface area (TPSA) is 84.7 Å². The van der Waals surface area contributed by atoms with Gasteiger partial charge in [0.1, 0.15) is 0 Å². The molecule has 6 nitrogen and oxygen atoms in total. The Morgan fingerprint density at radius 3 is 2.71 bits per heavy atom. The van der Waals surface area contributed by atoms with Crippen LogP contribution in [0.25, 0.3) is 0 Å². The molecule has 2 amide bonds. The van der Waals surface area contributed by atoms with Crippen LogP contribution in [0, 0.1) is 0 Å². The van der Waals surface area contributed by atoms with Crippen molar-refractivity contribution in [3.63, 3.8) is 0 Å². The summed E-state index contributed by atoms with van der Waals surface area (Å²) in [6.07, 6.45) is 5.61. The van der Waals surface area contributed by atoms with Crippen LogP contribution >= 0.6 is 0 Å². The highest BCUT2D eigenvalue weighted by molar-refractivity contribution is 5.94. The highest BCUT2D eigenvalue weighted by Gasteiger charge is 2.33. The summed E-state index contributed by atoms with van der Waals surface area (Å²) < 4.78 is 5.87. The largest absolute Gasteiger partial charge is 0.375 e. The van der Waals surface area contributed by atoms with Gasteiger partial charge in [0.05, 0.1) is 12.7 Å². The van der Waals surface area contributed by atoms with E-state index in [4.69, 9.17) is 10.5 Å². The lowest BCUT2D eigenvalue weighted by Crippen LogP contribution is -2.53. The predicted octanol–water partition coefficient (Wildman–Crippen LogP) is 1.76. The fourth-order valence-electron chi connectivity index (χ4n) is 3.64. The number of nitrogens with zero attached hydrogens (tertiary/aromatic N) is 1. The molecule has 3 N–H and O–H groups in total. The number of carbonyl (C=O) groups excluding carboxylic acids is 2. The van der Waals surface area contributed by atoms with Gasteiger partial charge in [-0.3, -0.25) is 14.5 Å². The minimum Gasteiger partial charge on any atom is -0.375 e. The van der Waals surface area contributed by atoms with E-state index in [1.54, 1.807) is 24.3 Å². The SMILES string of the molecule is NC(=O)c1ccc(NC(=O)CCN2CCOC3CCCCC32)cc1. The maximum atomic E-state index is 12.2. The number of fused-ring (bicyclic) bond motifs is 1. The number of amides is 2. The summed E-state index contributed by atoms with van der Waals surface area (Å²) in [7, 11) is 0. The van der Waals surface area contributed by atoms with E-state index in [1.807, 2.05) is 0 Å². The van der Waals surface area contributed by atoms with Crippen molar-refractivity contribution in [2.24, 2.45) is 5.73 Å². The maximum absolute atomic E-state index is 12.2. The summed E-state index contributed by atoms with van der Waals surface area (Å²) in [4.78, 5) is 25.6. The summed E-state index contributed by atoms with van der Waals surface area (Å²) in [5, 5.41) is 2.87. The predicted molar refractivity (Wildman–Crippen MR) is 91.8 cm³/mol. The molecule has 24 heavy (non-hydrogen) atoms. The van der Waals surface area contributed by atoms with Gasteiger partial charge < -0.3 is 15.8 Å². The molecule has 0 aromatic heterocycles. The number of ether oxygens (including phenoxy) is 1. The van der Waals surface area contributed by atoms with Crippen molar-refractivity contribution < 1.29 is 14.3 Å². The van der Waals surface area contributed by atoms with Gasteiger partial charge in [0.15, 0.2) is 0 Å². The van der Waals surface area contributed by atoms with E-state index in [1.165, 1.54) is 19.3 Å². The molecule has 0 bridgehead atoms. The molecule has 1 saturated heterocycles. The van der Waals surface area contributed by atoms with Crippen molar-refractivity contribution in [3.05, 3.63) is 29.8 Å². The molecule has 2 fully saturated rings. The summed E-state index contributed by atoms with van der Waals surface area (Å²) in [5.74, 6) is -0.483. The molecule has 1 aliphatic heterocycles. The van der Waals surface area contributed by atoms with Gasteiger partial charge in [-0.1, -0.05) is 12.8 Å². The third kappa shape index (κ3) is 4.13. The third-order valence-corrected chi connectivity index (χ3v) is 4.93. The zero-order valence-electron chi connectivity index (χ0n) is 13.9. The third-order valence-electron chi connectivity index (χ3n) is 4.93. The molecule has 1 aromatic carbocycles. The molecule has 1 saturated carbocycles. The standard InChI is InChI=1S/C18H25N3O3/c19-18(23)13-5-7-14(8-6-13)20-17(22)9-10-21-11-12-24-16-4-2-1-3-15(16)21/h5-8,15-16H,1-4,9-12H2,(H2,19,23)(H,20,22). The van der Waals surface area contributed by atoms with E-state index < -0.39 is 5.91 Å². The quantitative estimate of drug-likeness (QED) is 0.861. The normalized spacial score (nSPS) is 24.2. The molecule has 1 heterocycles. The maximum Gasteiger partial charge on any atom is 0.248 e. The van der Waals surface area contributed by atoms with Crippen LogP contribution in [0.15, 0.2) is 24.3 Å². The van der Waals surface area contributed by atoms with Crippen molar-refractivity contribution in [2.45, 2.75) is 44.2 Å². The van der Waals surface area contributed by atoms with E-state index >= 15 is 0 Å². The Balaban J connectivity index is 1.49. The number of nitrogens with two attached hydrogens (primary N) is 1. The fourth-order valence-corrected chi connectivity index (χ4v) is 3.64. The van der Waals surface area contributed by atoms with Gasteiger partial charge in [0.25, 0.3) is 0 Å². The van der Waals surface area contributed by atoms with E-state index in [-0.39, 0.29) is 5.91 Å². The minimum atomic E-state index is -0.470. The Hall–Kier alpha value is -1.92. The number of rotatable bonds is 5. The first-order chi connectivity index (χ1) is 11.6. The Bertz CT molecular complexity index is 586. The van der Waals surface area contributed by atoms with Crippen LogP contribution < -0.4 is 11.1 Å². The number of nitrogens with one attached hydrogen (secondary N) is 1. The molecule has 2 aliphatic rings. The first-order valence-electron chi connectivity index (χ1n) is 8.69. The van der Waals surface area contributed by atoms with Crippen LogP contribution in [0.5, 0.6) is 0 Å². The molecule has 1 aromatic rings. The number of morpholine rings is 1. The molecule has 0 radical (unpaired) electrons. The molecule has 0 spiro atoms. The van der Waals surface area contributed by atoms with E-state index in [2.05, 4.69) is 10.2 Å². The van der Waals surface area contributed by atoms with Crippen LogP contribution in [-0.4, -0.2) is 48.6 Å². The molecule has 2 unspecified atom stereocenters. The van der Waals surface area contributed by atoms with Crippen LogP contribution in [0.4, 0.5) is 5.69 Å². The van der Waals surface area contributed by atoms with E-state index in [0.717, 1.165) is 26.1 Å². The molecule has 6 heteroatoms. The van der Waals surface area contributed by atoms with Gasteiger partial charge in [0.2, 0.25) is 11.8 Å². The van der Waals surface area contributed by atoms with Crippen molar-refractivity contribution >= 4 is 17.5 Å². The molecule has 1 aliphatic carbocycles. The molecule has 3 rings (SSSR count). The lowest BCUT2D eigenvalue weighted by molar-refractivity contribution is -0.118. The minimum absolute atomic E-state index is 0.0133. The summed E-state index contributed by atoms with van der Waals surface area (Å²) in [6.45, 7) is 2.43. The Morgan fingerprint density at radius 2 is 1.96 bits per heavy atom. The number of anilines is 1. The number of benzene rings is 1. The second-order valence-corrected chi connectivity index (χ2v) is 6.54. The van der Waals surface area contributed by atoms with Crippen LogP contribution in [0.1, 0.15) is 42.5 Å². The van der Waals surface area contributed by atoms with Gasteiger partial charge in [-0.2, -0.15) is 0 Å². The second kappa shape index (κ2) is 7.77. The zero-order chi connectivity index (χ0) is 16.9. The smallest absolute Gasteiger partial charge is 0.248 e. The first-order valence-corrected chi connectivity index (χ1v) is 8.69. The van der Waals surface area contributed by atoms with E-state index in [9.17, 15) is 9.59 Å². The summed E-state index contributed by atoms with van der Waals surface area (Å²) in [6, 6.07) is 7.10. The van der Waals surface area contributed by atoms with Gasteiger partial charge in [0, 0.05) is 36.8 Å². The molecule has 130 valence electrons. The zero-order valence-corrected chi connectivity index (χ0v) is 13.9. The van der Waals surface area contributed by atoms with Gasteiger partial charge in [-0.05, 0) is 37.1 Å². The number of hydrogen-bond acceptors (Lipinski definition) is 4. The van der Waals surface area contributed by atoms with Crippen molar-refractivity contribution in [1.82, 2.24) is 4.90 Å². The lowest BCUT2D eigenvalue weighted by Gasteiger charge is -2.43. The van der Waals surface area contributed by atoms with Crippen molar-refractivity contribution in [1.29, 1.82) is 0 Å². The monoisotopic (exact) mass is 331 g/mol. The second-order valence-electron chi connectivity index (χ2n) is 6.54. The molecule has 2 atom stereocenters. The number of carbonyl (C=O) groups is 2. The average molecular weight is 331 g/mol. The first kappa shape index (κ1) is 16.9. The summed E-state index contributed by atoms with van der Waals surface area (Å²) in [5.41, 5.74) is 6.32. The summed E-state index contributed by atoms with van der Waals surface area (Å²) >= 11 is 0. The Kier molecular flexibility index (Phi) is 5.48. The van der Waals surface area contributed by atoms with Crippen molar-refractivity contribution in [2.75, 3.05) is 25.0 Å². The van der Waals surface area contributed by atoms with Crippen LogP contribution in [0.3, 0.4) is 0 Å². The van der Waals surface area contributed by atoms with Gasteiger partial charge >= 0.3 is 0 Å². The molecular weight excluding hydrogens is 306 g/mol. The highest BCUT2D eigenvalue weighted by Crippen LogP contribution is 2.28. The average Bonchev–Trinajstić information content (AvgIpc) is 2.60. The van der Waals surface area contributed by atoms with Crippen LogP contribution in [-0.2, 0) is 9.53 Å².